The summed E-state index contributed by atoms with van der Waals surface area (Å²) in [7, 11) is 0. The summed E-state index contributed by atoms with van der Waals surface area (Å²) in [5.74, 6) is -2.93. The van der Waals surface area contributed by atoms with Crippen LogP contribution in [0.3, 0.4) is 0 Å². The average molecular weight is 332 g/mol. The number of para-hydroxylation sites is 1. The summed E-state index contributed by atoms with van der Waals surface area (Å²) < 4.78 is 0. The van der Waals surface area contributed by atoms with Gasteiger partial charge in [-0.3, -0.25) is 14.4 Å². The van der Waals surface area contributed by atoms with Crippen molar-refractivity contribution in [3.05, 3.63) is 29.8 Å². The number of nitrogens with zero attached hydrogens (tertiary/aromatic N) is 1. The zero-order chi connectivity index (χ0) is 17.9. The first kappa shape index (κ1) is 18.0. The maximum Gasteiger partial charge on any atom is 0.313 e. The minimum Gasteiger partial charge on any atom is -0.481 e. The van der Waals surface area contributed by atoms with Crippen molar-refractivity contribution < 1.29 is 19.5 Å². The summed E-state index contributed by atoms with van der Waals surface area (Å²) in [6.45, 7) is 6.59. The Morgan fingerprint density at radius 3 is 2.50 bits per heavy atom. The number of likely N-dealkylation sites (tertiary alicyclic amines) is 1. The summed E-state index contributed by atoms with van der Waals surface area (Å²) in [6, 6.07) is 7.38. The van der Waals surface area contributed by atoms with E-state index >= 15 is 0 Å². The molecule has 130 valence electrons. The molecular weight excluding hydrogens is 308 g/mol. The van der Waals surface area contributed by atoms with E-state index in [1.807, 2.05) is 32.9 Å². The third-order valence-corrected chi connectivity index (χ3v) is 4.24. The first-order chi connectivity index (χ1) is 11.2. The number of carbonyl (C=O) groups is 3. The van der Waals surface area contributed by atoms with Crippen molar-refractivity contribution in [2.24, 2.45) is 5.92 Å². The van der Waals surface area contributed by atoms with Crippen LogP contribution in [0.15, 0.2) is 24.3 Å². The molecule has 2 N–H and O–H groups in total. The summed E-state index contributed by atoms with van der Waals surface area (Å²) in [4.78, 5) is 37.1. The lowest BCUT2D eigenvalue weighted by Gasteiger charge is -2.30. The SMILES string of the molecule is CC(C)(C)c1ccccc1NC(=O)C(=O)N1CCC[C@@H](C(=O)O)C1. The normalized spacial score (nSPS) is 18.1. The van der Waals surface area contributed by atoms with Gasteiger partial charge in [0.2, 0.25) is 0 Å². The molecule has 0 spiro atoms. The average Bonchev–Trinajstić information content (AvgIpc) is 2.53. The van der Waals surface area contributed by atoms with E-state index in [-0.39, 0.29) is 12.0 Å². The number of hydrogen-bond donors (Lipinski definition) is 2. The van der Waals surface area contributed by atoms with Gasteiger partial charge in [0.15, 0.2) is 0 Å². The molecule has 1 fully saturated rings. The van der Waals surface area contributed by atoms with Crippen molar-refractivity contribution in [2.75, 3.05) is 18.4 Å². The number of amides is 2. The Kier molecular flexibility index (Phi) is 5.26. The summed E-state index contributed by atoms with van der Waals surface area (Å²) in [6.07, 6.45) is 1.13. The first-order valence-electron chi connectivity index (χ1n) is 8.12. The summed E-state index contributed by atoms with van der Waals surface area (Å²) >= 11 is 0. The van der Waals surface area contributed by atoms with E-state index in [4.69, 9.17) is 5.11 Å². The molecular formula is C18H24N2O4. The van der Waals surface area contributed by atoms with Crippen LogP contribution >= 0.6 is 0 Å². The highest BCUT2D eigenvalue weighted by molar-refractivity contribution is 6.39. The minimum absolute atomic E-state index is 0.0858. The van der Waals surface area contributed by atoms with Gasteiger partial charge in [0.05, 0.1) is 5.92 Å². The molecule has 0 aliphatic carbocycles. The second-order valence-electron chi connectivity index (χ2n) is 7.18. The Hall–Kier alpha value is -2.37. The Labute approximate surface area is 141 Å². The van der Waals surface area contributed by atoms with E-state index in [1.54, 1.807) is 12.1 Å². The largest absolute Gasteiger partial charge is 0.481 e. The number of piperidine rings is 1. The van der Waals surface area contributed by atoms with Gasteiger partial charge in [0, 0.05) is 18.8 Å². The molecule has 1 aliphatic heterocycles. The zero-order valence-corrected chi connectivity index (χ0v) is 14.3. The van der Waals surface area contributed by atoms with Gasteiger partial charge in [-0.05, 0) is 29.9 Å². The van der Waals surface area contributed by atoms with Crippen LogP contribution in [0.25, 0.3) is 0 Å². The second-order valence-corrected chi connectivity index (χ2v) is 7.18. The predicted octanol–water partition coefficient (Wildman–Crippen LogP) is 2.25. The quantitative estimate of drug-likeness (QED) is 0.813. The monoisotopic (exact) mass is 332 g/mol. The van der Waals surface area contributed by atoms with Crippen molar-refractivity contribution in [2.45, 2.75) is 39.0 Å². The van der Waals surface area contributed by atoms with Crippen molar-refractivity contribution in [1.29, 1.82) is 0 Å². The first-order valence-corrected chi connectivity index (χ1v) is 8.12. The molecule has 1 atom stereocenters. The van der Waals surface area contributed by atoms with E-state index in [0.717, 1.165) is 5.56 Å². The van der Waals surface area contributed by atoms with Crippen molar-refractivity contribution in [3.8, 4) is 0 Å². The maximum atomic E-state index is 12.4. The van der Waals surface area contributed by atoms with E-state index < -0.39 is 23.7 Å². The number of benzene rings is 1. The van der Waals surface area contributed by atoms with E-state index in [9.17, 15) is 14.4 Å². The summed E-state index contributed by atoms with van der Waals surface area (Å²) in [5.41, 5.74) is 1.37. The van der Waals surface area contributed by atoms with Gasteiger partial charge >= 0.3 is 17.8 Å². The van der Waals surface area contributed by atoms with Crippen LogP contribution in [-0.4, -0.2) is 40.9 Å². The van der Waals surface area contributed by atoms with Crippen LogP contribution in [0, 0.1) is 5.92 Å². The molecule has 1 aromatic rings. The number of nitrogens with one attached hydrogen (secondary N) is 1. The molecule has 0 aromatic heterocycles. The Balaban J connectivity index is 2.10. The molecule has 1 heterocycles. The molecule has 1 saturated heterocycles. The number of hydrogen-bond acceptors (Lipinski definition) is 3. The number of carboxylic acid groups (broad SMARTS) is 1. The molecule has 0 radical (unpaired) electrons. The molecule has 2 rings (SSSR count). The van der Waals surface area contributed by atoms with Crippen LogP contribution < -0.4 is 5.32 Å². The molecule has 24 heavy (non-hydrogen) atoms. The number of carboxylic acids is 1. The fourth-order valence-electron chi connectivity index (χ4n) is 2.93. The smallest absolute Gasteiger partial charge is 0.313 e. The molecule has 6 heteroatoms. The maximum absolute atomic E-state index is 12.4. The third-order valence-electron chi connectivity index (χ3n) is 4.24. The van der Waals surface area contributed by atoms with E-state index in [2.05, 4.69) is 5.32 Å². The lowest BCUT2D eigenvalue weighted by atomic mass is 9.86. The lowest BCUT2D eigenvalue weighted by molar-refractivity contribution is -0.149. The minimum atomic E-state index is -0.925. The lowest BCUT2D eigenvalue weighted by Crippen LogP contribution is -2.46. The van der Waals surface area contributed by atoms with Crippen LogP contribution in [0.4, 0.5) is 5.69 Å². The molecule has 0 bridgehead atoms. The topological polar surface area (TPSA) is 86.7 Å². The van der Waals surface area contributed by atoms with Crippen LogP contribution in [-0.2, 0) is 19.8 Å². The van der Waals surface area contributed by atoms with Gasteiger partial charge in [-0.2, -0.15) is 0 Å². The van der Waals surface area contributed by atoms with E-state index in [1.165, 1.54) is 4.90 Å². The molecule has 0 unspecified atom stereocenters. The Morgan fingerprint density at radius 1 is 1.21 bits per heavy atom. The van der Waals surface area contributed by atoms with Crippen molar-refractivity contribution in [1.82, 2.24) is 4.90 Å². The van der Waals surface area contributed by atoms with Crippen molar-refractivity contribution in [3.63, 3.8) is 0 Å². The van der Waals surface area contributed by atoms with Gasteiger partial charge in [-0.15, -0.1) is 0 Å². The third kappa shape index (κ3) is 4.13. The fraction of sp³-hybridized carbons (Fsp3) is 0.500. The summed E-state index contributed by atoms with van der Waals surface area (Å²) in [5, 5.41) is 11.8. The highest BCUT2D eigenvalue weighted by atomic mass is 16.4. The number of rotatable bonds is 2. The van der Waals surface area contributed by atoms with E-state index in [0.29, 0.717) is 25.1 Å². The number of anilines is 1. The van der Waals surface area contributed by atoms with Crippen LogP contribution in [0.2, 0.25) is 0 Å². The standard InChI is InChI=1S/C18H24N2O4/c1-18(2,3)13-8-4-5-9-14(13)19-15(21)16(22)20-10-6-7-12(11-20)17(23)24/h4-5,8-9,12H,6-7,10-11H2,1-3H3,(H,19,21)(H,23,24)/t12-/m1/s1. The Bertz CT molecular complexity index is 649. The van der Waals surface area contributed by atoms with Gasteiger partial charge in [-0.1, -0.05) is 39.0 Å². The molecule has 6 nitrogen and oxygen atoms in total. The van der Waals surface area contributed by atoms with Gasteiger partial charge in [0.1, 0.15) is 0 Å². The highest BCUT2D eigenvalue weighted by Gasteiger charge is 2.31. The predicted molar refractivity (Wildman–Crippen MR) is 90.7 cm³/mol. The molecule has 0 saturated carbocycles. The van der Waals surface area contributed by atoms with Crippen molar-refractivity contribution >= 4 is 23.5 Å². The zero-order valence-electron chi connectivity index (χ0n) is 14.3. The number of aliphatic carboxylic acids is 1. The van der Waals surface area contributed by atoms with Crippen LogP contribution in [0.1, 0.15) is 39.2 Å². The number of carbonyl (C=O) groups excluding carboxylic acids is 2. The molecule has 2 amide bonds. The second kappa shape index (κ2) is 7.03. The Morgan fingerprint density at radius 2 is 1.88 bits per heavy atom. The van der Waals surface area contributed by atoms with Gasteiger partial charge in [0.25, 0.3) is 0 Å². The van der Waals surface area contributed by atoms with Crippen LogP contribution in [0.5, 0.6) is 0 Å². The fourth-order valence-corrected chi connectivity index (χ4v) is 2.93. The van der Waals surface area contributed by atoms with Gasteiger partial charge < -0.3 is 15.3 Å². The molecule has 1 aliphatic rings. The highest BCUT2D eigenvalue weighted by Crippen LogP contribution is 2.29. The van der Waals surface area contributed by atoms with Gasteiger partial charge in [-0.25, -0.2) is 0 Å². The molecule has 1 aromatic carbocycles.